The average Bonchev–Trinajstić information content (AvgIpc) is 2.30. The fourth-order valence-corrected chi connectivity index (χ4v) is 1.23. The summed E-state index contributed by atoms with van der Waals surface area (Å²) in [6.45, 7) is 4.62. The van der Waals surface area contributed by atoms with Crippen molar-refractivity contribution in [1.29, 1.82) is 0 Å². The van der Waals surface area contributed by atoms with Crippen LogP contribution in [0.4, 0.5) is 0 Å². The predicted molar refractivity (Wildman–Crippen MR) is 49.7 cm³/mol. The van der Waals surface area contributed by atoms with E-state index in [0.717, 1.165) is 19.4 Å². The lowest BCUT2D eigenvalue weighted by atomic mass is 10.3. The highest BCUT2D eigenvalue weighted by atomic mass is 35.5. The Kier molecular flexibility index (Phi) is 2.98. The second kappa shape index (κ2) is 3.81. The Morgan fingerprint density at radius 2 is 2.25 bits per heavy atom. The van der Waals surface area contributed by atoms with Gasteiger partial charge in [0.25, 0.3) is 5.56 Å². The van der Waals surface area contributed by atoms with Crippen molar-refractivity contribution in [1.82, 2.24) is 9.78 Å². The second-order valence-corrected chi connectivity index (χ2v) is 3.22. The maximum atomic E-state index is 11.1. The number of nitrogens with one attached hydrogen (secondary N) is 1. The van der Waals surface area contributed by atoms with Crippen LogP contribution in [0.25, 0.3) is 0 Å². The van der Waals surface area contributed by atoms with Gasteiger partial charge < -0.3 is 0 Å². The number of halogens is 1. The maximum absolute atomic E-state index is 11.1. The first-order chi connectivity index (χ1) is 5.66. The summed E-state index contributed by atoms with van der Waals surface area (Å²) in [6.07, 6.45) is 2.12. The van der Waals surface area contributed by atoms with Gasteiger partial charge in [0.15, 0.2) is 0 Å². The predicted octanol–water partition coefficient (Wildman–Crippen LogP) is 1.94. The minimum absolute atomic E-state index is 0.0869. The van der Waals surface area contributed by atoms with Crippen LogP contribution in [-0.4, -0.2) is 9.78 Å². The molecule has 0 aliphatic rings. The summed E-state index contributed by atoms with van der Waals surface area (Å²) < 4.78 is 1.70. The lowest BCUT2D eigenvalue weighted by Crippen LogP contribution is -2.06. The van der Waals surface area contributed by atoms with E-state index in [-0.39, 0.29) is 5.56 Å². The summed E-state index contributed by atoms with van der Waals surface area (Å²) in [5, 5.41) is 3.21. The first-order valence-corrected chi connectivity index (χ1v) is 4.49. The normalized spacial score (nSPS) is 10.6. The van der Waals surface area contributed by atoms with Gasteiger partial charge in [0, 0.05) is 6.54 Å². The molecular weight excluding hydrogens is 176 g/mol. The van der Waals surface area contributed by atoms with Crippen molar-refractivity contribution in [2.75, 3.05) is 0 Å². The van der Waals surface area contributed by atoms with Crippen LogP contribution in [0.3, 0.4) is 0 Å². The molecule has 0 aliphatic carbocycles. The molecular formula is C8H13ClN2O. The van der Waals surface area contributed by atoms with Crippen LogP contribution >= 0.6 is 11.6 Å². The van der Waals surface area contributed by atoms with Crippen molar-refractivity contribution in [3.05, 3.63) is 21.1 Å². The molecule has 0 bridgehead atoms. The molecule has 0 atom stereocenters. The van der Waals surface area contributed by atoms with Crippen molar-refractivity contribution in [2.24, 2.45) is 0 Å². The number of unbranched alkanes of at least 4 members (excludes halogenated alkanes) is 1. The van der Waals surface area contributed by atoms with Crippen LogP contribution in [0.15, 0.2) is 4.79 Å². The number of nitrogens with zero attached hydrogens (tertiary/aromatic N) is 1. The first kappa shape index (κ1) is 9.39. The Balaban J connectivity index is 2.86. The molecule has 0 saturated carbocycles. The van der Waals surface area contributed by atoms with Gasteiger partial charge >= 0.3 is 0 Å². The molecule has 68 valence electrons. The summed E-state index contributed by atoms with van der Waals surface area (Å²) in [6, 6.07) is 0. The maximum Gasteiger partial charge on any atom is 0.268 e. The van der Waals surface area contributed by atoms with Crippen LogP contribution in [0.1, 0.15) is 25.3 Å². The summed E-state index contributed by atoms with van der Waals surface area (Å²) in [7, 11) is 0. The lowest BCUT2D eigenvalue weighted by molar-refractivity contribution is 0.568. The molecule has 1 N–H and O–H groups in total. The van der Waals surface area contributed by atoms with Gasteiger partial charge in [0.2, 0.25) is 0 Å². The average molecular weight is 189 g/mol. The number of rotatable bonds is 3. The Labute approximate surface area is 76.3 Å². The smallest absolute Gasteiger partial charge is 0.268 e. The minimum atomic E-state index is -0.0869. The van der Waals surface area contributed by atoms with Gasteiger partial charge in [-0.25, -0.2) is 0 Å². The third-order valence-electron chi connectivity index (χ3n) is 1.86. The molecule has 0 aliphatic heterocycles. The summed E-state index contributed by atoms with van der Waals surface area (Å²) >= 11 is 5.88. The van der Waals surface area contributed by atoms with Crippen LogP contribution in [0.5, 0.6) is 0 Å². The number of aromatic nitrogens is 2. The van der Waals surface area contributed by atoms with Gasteiger partial charge in [0.1, 0.15) is 5.15 Å². The summed E-state index contributed by atoms with van der Waals surface area (Å²) in [5.74, 6) is 0. The van der Waals surface area contributed by atoms with Crippen LogP contribution in [-0.2, 0) is 6.54 Å². The van der Waals surface area contributed by atoms with E-state index in [2.05, 4.69) is 12.0 Å². The molecule has 0 aromatic carbocycles. The molecule has 0 unspecified atom stereocenters. The highest BCUT2D eigenvalue weighted by Gasteiger charge is 2.06. The third-order valence-corrected chi connectivity index (χ3v) is 2.35. The van der Waals surface area contributed by atoms with E-state index < -0.39 is 0 Å². The van der Waals surface area contributed by atoms with Crippen molar-refractivity contribution >= 4 is 11.6 Å². The topological polar surface area (TPSA) is 37.8 Å². The first-order valence-electron chi connectivity index (χ1n) is 4.11. The molecule has 0 amide bonds. The Hall–Kier alpha value is -0.700. The highest BCUT2D eigenvalue weighted by Crippen LogP contribution is 2.10. The zero-order valence-electron chi connectivity index (χ0n) is 7.35. The number of H-pyrrole nitrogens is 1. The minimum Gasteiger partial charge on any atom is -0.274 e. The largest absolute Gasteiger partial charge is 0.274 e. The molecule has 3 nitrogen and oxygen atoms in total. The van der Waals surface area contributed by atoms with Gasteiger partial charge in [-0.05, 0) is 13.3 Å². The summed E-state index contributed by atoms with van der Waals surface area (Å²) in [4.78, 5) is 11.1. The molecule has 1 rings (SSSR count). The Bertz CT molecular complexity index is 313. The third kappa shape index (κ3) is 1.72. The Morgan fingerprint density at radius 1 is 1.58 bits per heavy atom. The van der Waals surface area contributed by atoms with E-state index in [0.29, 0.717) is 10.7 Å². The number of aryl methyl sites for hydroxylation is 1. The highest BCUT2D eigenvalue weighted by molar-refractivity contribution is 6.30. The molecule has 1 aromatic heterocycles. The number of hydrogen-bond donors (Lipinski definition) is 1. The van der Waals surface area contributed by atoms with E-state index in [9.17, 15) is 4.79 Å². The van der Waals surface area contributed by atoms with E-state index >= 15 is 0 Å². The van der Waals surface area contributed by atoms with Crippen LogP contribution in [0, 0.1) is 6.92 Å². The van der Waals surface area contributed by atoms with Crippen molar-refractivity contribution in [2.45, 2.75) is 33.2 Å². The fraction of sp³-hybridized carbons (Fsp3) is 0.625. The van der Waals surface area contributed by atoms with Gasteiger partial charge in [-0.2, -0.15) is 0 Å². The standard InChI is InChI=1S/C8H13ClN2O/c1-3-4-5-11-7(9)6(2)8(12)10-11/h3-5H2,1-2H3,(H,10,12). The zero-order valence-corrected chi connectivity index (χ0v) is 8.11. The van der Waals surface area contributed by atoms with Crippen molar-refractivity contribution < 1.29 is 0 Å². The zero-order chi connectivity index (χ0) is 9.14. The van der Waals surface area contributed by atoms with Crippen molar-refractivity contribution in [3.8, 4) is 0 Å². The Morgan fingerprint density at radius 3 is 2.67 bits per heavy atom. The molecule has 0 fully saturated rings. The quantitative estimate of drug-likeness (QED) is 0.774. The monoisotopic (exact) mass is 188 g/mol. The van der Waals surface area contributed by atoms with Crippen LogP contribution < -0.4 is 5.56 Å². The SMILES string of the molecule is CCCCn1[nH]c(=O)c(C)c1Cl. The summed E-state index contributed by atoms with van der Waals surface area (Å²) in [5.41, 5.74) is 0.517. The second-order valence-electron chi connectivity index (χ2n) is 2.86. The van der Waals surface area contributed by atoms with E-state index in [1.54, 1.807) is 11.6 Å². The van der Waals surface area contributed by atoms with Crippen LogP contribution in [0.2, 0.25) is 5.15 Å². The van der Waals surface area contributed by atoms with E-state index in [1.807, 2.05) is 0 Å². The molecule has 0 radical (unpaired) electrons. The molecule has 0 spiro atoms. The molecule has 4 heteroatoms. The van der Waals surface area contributed by atoms with E-state index in [1.165, 1.54) is 0 Å². The van der Waals surface area contributed by atoms with Gasteiger partial charge in [-0.15, -0.1) is 0 Å². The molecule has 1 heterocycles. The molecule has 0 saturated heterocycles. The molecule has 1 aromatic rings. The van der Waals surface area contributed by atoms with E-state index in [4.69, 9.17) is 11.6 Å². The molecule has 12 heavy (non-hydrogen) atoms. The van der Waals surface area contributed by atoms with Gasteiger partial charge in [-0.1, -0.05) is 24.9 Å². The fourth-order valence-electron chi connectivity index (χ4n) is 1.02. The number of hydrogen-bond acceptors (Lipinski definition) is 1. The van der Waals surface area contributed by atoms with Gasteiger partial charge in [-0.3, -0.25) is 14.6 Å². The lowest BCUT2D eigenvalue weighted by Gasteiger charge is -2.01. The number of aromatic amines is 1. The van der Waals surface area contributed by atoms with Gasteiger partial charge in [0.05, 0.1) is 5.56 Å². The van der Waals surface area contributed by atoms with Crippen molar-refractivity contribution in [3.63, 3.8) is 0 Å².